The monoisotopic (exact) mass is 272 g/mol. The maximum absolute atomic E-state index is 12.8. The third kappa shape index (κ3) is 2.19. The zero-order valence-corrected chi connectivity index (χ0v) is 11.9. The Bertz CT molecular complexity index is 543. The molecule has 0 bridgehead atoms. The summed E-state index contributed by atoms with van der Waals surface area (Å²) in [7, 11) is 0. The molecule has 1 aliphatic heterocycles. The summed E-state index contributed by atoms with van der Waals surface area (Å²) in [5, 5.41) is 2.86. The van der Waals surface area contributed by atoms with Gasteiger partial charge in [0.1, 0.15) is 5.54 Å². The van der Waals surface area contributed by atoms with Gasteiger partial charge >= 0.3 is 0 Å². The molecule has 1 aromatic carbocycles. The lowest BCUT2D eigenvalue weighted by molar-refractivity contribution is -0.150. The number of nitrogens with zero attached hydrogens (tertiary/aromatic N) is 1. The summed E-state index contributed by atoms with van der Waals surface area (Å²) < 4.78 is 0. The molecule has 2 aliphatic rings. The summed E-state index contributed by atoms with van der Waals surface area (Å²) in [6, 6.07) is 9.47. The Balaban J connectivity index is 1.86. The van der Waals surface area contributed by atoms with Gasteiger partial charge in [0.05, 0.1) is 6.54 Å². The van der Waals surface area contributed by atoms with E-state index in [1.54, 1.807) is 11.8 Å². The minimum atomic E-state index is -0.936. The lowest BCUT2D eigenvalue weighted by Crippen LogP contribution is -2.63. The number of rotatable bonds is 3. The maximum Gasteiger partial charge on any atom is 0.253 e. The van der Waals surface area contributed by atoms with Crippen LogP contribution in [0.1, 0.15) is 25.8 Å². The van der Waals surface area contributed by atoms with Crippen LogP contribution in [0.5, 0.6) is 0 Å². The van der Waals surface area contributed by atoms with Gasteiger partial charge in [-0.05, 0) is 30.7 Å². The van der Waals surface area contributed by atoms with E-state index >= 15 is 0 Å². The summed E-state index contributed by atoms with van der Waals surface area (Å²) in [6.45, 7) is 4.88. The van der Waals surface area contributed by atoms with Crippen LogP contribution in [0, 0.1) is 11.8 Å². The number of hydrogen-bond acceptors (Lipinski definition) is 2. The summed E-state index contributed by atoms with van der Waals surface area (Å²) in [5.74, 6) is 1.16. The Morgan fingerprint density at radius 3 is 2.55 bits per heavy atom. The molecule has 0 radical (unpaired) electrons. The van der Waals surface area contributed by atoms with E-state index in [0.29, 0.717) is 18.4 Å². The maximum atomic E-state index is 12.8. The van der Waals surface area contributed by atoms with Crippen molar-refractivity contribution in [3.63, 3.8) is 0 Å². The van der Waals surface area contributed by atoms with E-state index in [2.05, 4.69) is 12.2 Å². The molecule has 2 fully saturated rings. The molecular formula is C16H20N2O2. The Labute approximate surface area is 119 Å². The molecule has 1 saturated heterocycles. The molecule has 3 unspecified atom stereocenters. The Morgan fingerprint density at radius 1 is 1.30 bits per heavy atom. The Kier molecular flexibility index (Phi) is 3.04. The fourth-order valence-electron chi connectivity index (χ4n) is 2.98. The van der Waals surface area contributed by atoms with E-state index in [-0.39, 0.29) is 18.4 Å². The zero-order chi connectivity index (χ0) is 14.3. The number of piperazine rings is 1. The molecule has 1 aliphatic carbocycles. The topological polar surface area (TPSA) is 49.4 Å². The van der Waals surface area contributed by atoms with Gasteiger partial charge in [-0.3, -0.25) is 9.59 Å². The highest BCUT2D eigenvalue weighted by Crippen LogP contribution is 2.39. The molecule has 1 saturated carbocycles. The van der Waals surface area contributed by atoms with Crippen LogP contribution < -0.4 is 5.32 Å². The number of carbonyl (C=O) groups is 2. The van der Waals surface area contributed by atoms with Crippen LogP contribution in [-0.4, -0.2) is 29.8 Å². The first kappa shape index (κ1) is 13.2. The second kappa shape index (κ2) is 4.62. The smallest absolute Gasteiger partial charge is 0.253 e. The van der Waals surface area contributed by atoms with Crippen molar-refractivity contribution in [2.45, 2.75) is 25.8 Å². The van der Waals surface area contributed by atoms with E-state index in [1.807, 2.05) is 30.3 Å². The van der Waals surface area contributed by atoms with Crippen LogP contribution in [-0.2, 0) is 15.1 Å². The third-order valence-electron chi connectivity index (χ3n) is 4.52. The number of amides is 2. The van der Waals surface area contributed by atoms with Gasteiger partial charge < -0.3 is 10.2 Å². The molecule has 3 atom stereocenters. The predicted molar refractivity (Wildman–Crippen MR) is 75.8 cm³/mol. The molecule has 2 amide bonds. The summed E-state index contributed by atoms with van der Waals surface area (Å²) in [6.07, 6.45) is 1.16. The van der Waals surface area contributed by atoms with Crippen molar-refractivity contribution < 1.29 is 9.59 Å². The lowest BCUT2D eigenvalue weighted by atomic mass is 9.88. The van der Waals surface area contributed by atoms with E-state index in [9.17, 15) is 9.59 Å². The molecule has 1 N–H and O–H groups in total. The number of carbonyl (C=O) groups excluding carboxylic acids is 2. The molecule has 4 nitrogen and oxygen atoms in total. The van der Waals surface area contributed by atoms with Crippen LogP contribution in [0.15, 0.2) is 30.3 Å². The Hall–Kier alpha value is -1.84. The van der Waals surface area contributed by atoms with Crippen molar-refractivity contribution in [2.24, 2.45) is 11.8 Å². The highest BCUT2D eigenvalue weighted by atomic mass is 16.2. The van der Waals surface area contributed by atoms with Crippen LogP contribution in [0.25, 0.3) is 0 Å². The fraction of sp³-hybridized carbons (Fsp3) is 0.500. The fourth-order valence-corrected chi connectivity index (χ4v) is 2.98. The van der Waals surface area contributed by atoms with Crippen LogP contribution in [0.4, 0.5) is 0 Å². The van der Waals surface area contributed by atoms with Gasteiger partial charge in [0.15, 0.2) is 0 Å². The average molecular weight is 272 g/mol. The van der Waals surface area contributed by atoms with E-state index in [0.717, 1.165) is 12.0 Å². The van der Waals surface area contributed by atoms with Crippen LogP contribution in [0.3, 0.4) is 0 Å². The van der Waals surface area contributed by atoms with E-state index in [1.165, 1.54) is 0 Å². The van der Waals surface area contributed by atoms with E-state index in [4.69, 9.17) is 0 Å². The molecular weight excluding hydrogens is 252 g/mol. The normalized spacial score (nSPS) is 33.0. The molecule has 3 rings (SSSR count). The third-order valence-corrected chi connectivity index (χ3v) is 4.52. The number of hydrogen-bond donors (Lipinski definition) is 1. The standard InChI is InChI=1S/C16H20N2O2/c1-11-8-12(11)9-18-10-14(19)17-16(2,15(18)20)13-6-4-3-5-7-13/h3-7,11-12H,8-10H2,1-2H3,(H,17,19). The van der Waals surface area contributed by atoms with Crippen LogP contribution >= 0.6 is 0 Å². The van der Waals surface area contributed by atoms with E-state index < -0.39 is 5.54 Å². The van der Waals surface area contributed by atoms with Crippen molar-refractivity contribution >= 4 is 11.8 Å². The van der Waals surface area contributed by atoms with Gasteiger partial charge in [-0.1, -0.05) is 37.3 Å². The minimum absolute atomic E-state index is 0.00222. The quantitative estimate of drug-likeness (QED) is 0.907. The summed E-state index contributed by atoms with van der Waals surface area (Å²) >= 11 is 0. The van der Waals surface area contributed by atoms with Gasteiger partial charge in [0.2, 0.25) is 5.91 Å². The van der Waals surface area contributed by atoms with Crippen molar-refractivity contribution in [3.05, 3.63) is 35.9 Å². The summed E-state index contributed by atoms with van der Waals surface area (Å²) in [5.41, 5.74) is -0.0961. The number of nitrogens with one attached hydrogen (secondary N) is 1. The second-order valence-electron chi connectivity index (χ2n) is 6.20. The van der Waals surface area contributed by atoms with Gasteiger partial charge in [-0.15, -0.1) is 0 Å². The molecule has 1 aromatic rings. The van der Waals surface area contributed by atoms with Gasteiger partial charge in [-0.25, -0.2) is 0 Å². The SMILES string of the molecule is CC1CC1CN1CC(=O)NC(C)(c2ccccc2)C1=O. The summed E-state index contributed by atoms with van der Waals surface area (Å²) in [4.78, 5) is 26.5. The first-order valence-electron chi connectivity index (χ1n) is 7.16. The molecule has 0 spiro atoms. The first-order chi connectivity index (χ1) is 9.50. The first-order valence-corrected chi connectivity index (χ1v) is 7.16. The Morgan fingerprint density at radius 2 is 1.95 bits per heavy atom. The highest BCUT2D eigenvalue weighted by Gasteiger charge is 2.46. The largest absolute Gasteiger partial charge is 0.337 e. The lowest BCUT2D eigenvalue weighted by Gasteiger charge is -2.40. The zero-order valence-electron chi connectivity index (χ0n) is 11.9. The average Bonchev–Trinajstić information content (AvgIpc) is 3.12. The van der Waals surface area contributed by atoms with Crippen molar-refractivity contribution in [2.75, 3.05) is 13.1 Å². The molecule has 20 heavy (non-hydrogen) atoms. The molecule has 106 valence electrons. The number of benzene rings is 1. The van der Waals surface area contributed by atoms with Crippen molar-refractivity contribution in [3.8, 4) is 0 Å². The predicted octanol–water partition coefficient (Wildman–Crippen LogP) is 1.52. The molecule has 4 heteroatoms. The van der Waals surface area contributed by atoms with Gasteiger partial charge in [0, 0.05) is 6.54 Å². The molecule has 0 aromatic heterocycles. The molecule has 1 heterocycles. The minimum Gasteiger partial charge on any atom is -0.337 e. The van der Waals surface area contributed by atoms with Gasteiger partial charge in [0.25, 0.3) is 5.91 Å². The van der Waals surface area contributed by atoms with Crippen molar-refractivity contribution in [1.29, 1.82) is 0 Å². The second-order valence-corrected chi connectivity index (χ2v) is 6.20. The van der Waals surface area contributed by atoms with Crippen LogP contribution in [0.2, 0.25) is 0 Å². The van der Waals surface area contributed by atoms with Crippen molar-refractivity contribution in [1.82, 2.24) is 10.2 Å². The highest BCUT2D eigenvalue weighted by molar-refractivity contribution is 5.98. The van der Waals surface area contributed by atoms with Gasteiger partial charge in [-0.2, -0.15) is 0 Å².